The van der Waals surface area contributed by atoms with E-state index in [0.717, 1.165) is 19.3 Å². The van der Waals surface area contributed by atoms with Crippen LogP contribution in [0.4, 0.5) is 0 Å². The number of esters is 1. The normalized spacial score (nSPS) is 28.5. The van der Waals surface area contributed by atoms with E-state index in [9.17, 15) is 4.79 Å². The lowest BCUT2D eigenvalue weighted by Gasteiger charge is -2.31. The van der Waals surface area contributed by atoms with Gasteiger partial charge in [0.25, 0.3) is 0 Å². The lowest BCUT2D eigenvalue weighted by atomic mass is 9.92. The average Bonchev–Trinajstić information content (AvgIpc) is 2.00. The van der Waals surface area contributed by atoms with Gasteiger partial charge in [0, 0.05) is 0 Å². The van der Waals surface area contributed by atoms with Crippen molar-refractivity contribution < 1.29 is 9.53 Å². The second-order valence-electron chi connectivity index (χ2n) is 2.77. The van der Waals surface area contributed by atoms with E-state index in [1.807, 2.05) is 0 Å². The van der Waals surface area contributed by atoms with E-state index in [1.165, 1.54) is 0 Å². The Labute approximate surface area is 66.9 Å². The molecule has 0 aromatic heterocycles. The van der Waals surface area contributed by atoms with Gasteiger partial charge >= 0.3 is 5.97 Å². The van der Waals surface area contributed by atoms with E-state index in [4.69, 9.17) is 11.2 Å². The highest BCUT2D eigenvalue weighted by Gasteiger charge is 2.40. The molecule has 0 amide bonds. The number of unbranched alkanes of at least 4 members (excludes halogenated alkanes) is 1. The first kappa shape index (κ1) is 8.13. The summed E-state index contributed by atoms with van der Waals surface area (Å²) in [5, 5.41) is 0. The summed E-state index contributed by atoms with van der Waals surface area (Å²) in [6, 6.07) is 0. The van der Waals surface area contributed by atoms with Crippen LogP contribution < -0.4 is 0 Å². The maximum absolute atomic E-state index is 10.8. The zero-order valence-electron chi connectivity index (χ0n) is 6.67. The van der Waals surface area contributed by atoms with E-state index in [-0.39, 0.29) is 18.0 Å². The second-order valence-corrected chi connectivity index (χ2v) is 2.77. The Morgan fingerprint density at radius 2 is 2.45 bits per heavy atom. The van der Waals surface area contributed by atoms with Crippen molar-refractivity contribution in [3.8, 4) is 12.3 Å². The molecule has 11 heavy (non-hydrogen) atoms. The fourth-order valence-corrected chi connectivity index (χ4v) is 1.19. The molecule has 0 N–H and O–H groups in total. The van der Waals surface area contributed by atoms with Gasteiger partial charge in [-0.05, 0) is 6.42 Å². The molecule has 0 aromatic rings. The number of carbonyl (C=O) groups excluding carboxylic acids is 1. The minimum atomic E-state index is -0.242. The Kier molecular flexibility index (Phi) is 2.53. The van der Waals surface area contributed by atoms with Crippen molar-refractivity contribution in [1.82, 2.24) is 0 Å². The zero-order valence-corrected chi connectivity index (χ0v) is 6.67. The molecular weight excluding hydrogens is 140 g/mol. The van der Waals surface area contributed by atoms with Crippen LogP contribution in [-0.2, 0) is 9.53 Å². The third kappa shape index (κ3) is 1.54. The molecule has 60 valence electrons. The van der Waals surface area contributed by atoms with Gasteiger partial charge in [-0.15, -0.1) is 6.42 Å². The minimum Gasteiger partial charge on any atom is -0.448 e. The van der Waals surface area contributed by atoms with Crippen LogP contribution in [0.2, 0.25) is 0 Å². The van der Waals surface area contributed by atoms with Crippen LogP contribution in [-0.4, -0.2) is 12.1 Å². The highest BCUT2D eigenvalue weighted by Crippen LogP contribution is 2.26. The molecule has 2 nitrogen and oxygen atoms in total. The third-order valence-electron chi connectivity index (χ3n) is 1.94. The van der Waals surface area contributed by atoms with Crippen LogP contribution in [0.1, 0.15) is 26.2 Å². The molecule has 0 aliphatic carbocycles. The summed E-state index contributed by atoms with van der Waals surface area (Å²) in [6.45, 7) is 2.09. The van der Waals surface area contributed by atoms with Crippen molar-refractivity contribution in [3.05, 3.63) is 0 Å². The Hall–Kier alpha value is -0.970. The molecule has 0 radical (unpaired) electrons. The highest BCUT2D eigenvalue weighted by atomic mass is 16.6. The number of hydrogen-bond donors (Lipinski definition) is 0. The molecule has 0 aromatic carbocycles. The number of hydrogen-bond acceptors (Lipinski definition) is 2. The molecule has 0 bridgehead atoms. The van der Waals surface area contributed by atoms with E-state index in [2.05, 4.69) is 12.8 Å². The van der Waals surface area contributed by atoms with Gasteiger partial charge in [-0.3, -0.25) is 4.79 Å². The largest absolute Gasteiger partial charge is 0.448 e. The summed E-state index contributed by atoms with van der Waals surface area (Å²) in [4.78, 5) is 10.8. The van der Waals surface area contributed by atoms with Gasteiger partial charge in [-0.1, -0.05) is 25.7 Å². The van der Waals surface area contributed by atoms with Crippen LogP contribution >= 0.6 is 0 Å². The monoisotopic (exact) mass is 152 g/mol. The molecule has 2 atom stereocenters. The summed E-state index contributed by atoms with van der Waals surface area (Å²) in [7, 11) is 0. The molecule has 1 rings (SSSR count). The Balaban J connectivity index is 2.32. The maximum atomic E-state index is 10.8. The van der Waals surface area contributed by atoms with Crippen molar-refractivity contribution in [2.24, 2.45) is 5.92 Å². The molecular formula is C9H12O2. The van der Waals surface area contributed by atoms with Gasteiger partial charge in [0.1, 0.15) is 5.92 Å². The number of carbonyl (C=O) groups is 1. The van der Waals surface area contributed by atoms with E-state index >= 15 is 0 Å². The summed E-state index contributed by atoms with van der Waals surface area (Å²) < 4.78 is 4.72. The highest BCUT2D eigenvalue weighted by molar-refractivity contribution is 5.79. The van der Waals surface area contributed by atoms with Gasteiger partial charge in [0.15, 0.2) is 6.10 Å². The quantitative estimate of drug-likeness (QED) is 0.450. The summed E-state index contributed by atoms with van der Waals surface area (Å²) in [5.74, 6) is 2.31. The van der Waals surface area contributed by atoms with Gasteiger partial charge in [-0.25, -0.2) is 0 Å². The fourth-order valence-electron chi connectivity index (χ4n) is 1.19. The van der Waals surface area contributed by atoms with E-state index < -0.39 is 0 Å². The van der Waals surface area contributed by atoms with Gasteiger partial charge in [-0.2, -0.15) is 0 Å². The molecule has 1 fully saturated rings. The van der Waals surface area contributed by atoms with E-state index in [0.29, 0.717) is 0 Å². The number of ether oxygens (including phenoxy) is 1. The SMILES string of the molecule is C#C[C@@H]1OC(=O)[C@@H]1CCCC. The van der Waals surface area contributed by atoms with Crippen LogP contribution in [0, 0.1) is 18.3 Å². The smallest absolute Gasteiger partial charge is 0.315 e. The predicted octanol–water partition coefficient (Wildman–Crippen LogP) is 1.35. The van der Waals surface area contributed by atoms with Crippen LogP contribution in [0.15, 0.2) is 0 Å². The first-order chi connectivity index (χ1) is 5.29. The maximum Gasteiger partial charge on any atom is 0.315 e. The zero-order chi connectivity index (χ0) is 8.27. The first-order valence-corrected chi connectivity index (χ1v) is 3.96. The van der Waals surface area contributed by atoms with Gasteiger partial charge < -0.3 is 4.74 Å². The van der Waals surface area contributed by atoms with Crippen LogP contribution in [0.3, 0.4) is 0 Å². The standard InChI is InChI=1S/C9H12O2/c1-3-5-6-7-8(4-2)11-9(7)10/h2,7-8H,3,5-6H2,1H3/t7-,8+/m1/s1. The van der Waals surface area contributed by atoms with Crippen LogP contribution in [0.25, 0.3) is 0 Å². The summed E-state index contributed by atoms with van der Waals surface area (Å²) in [6.07, 6.45) is 7.92. The van der Waals surface area contributed by atoms with Crippen molar-refractivity contribution in [3.63, 3.8) is 0 Å². The molecule has 1 aliphatic heterocycles. The second kappa shape index (κ2) is 3.43. The molecule has 0 saturated carbocycles. The first-order valence-electron chi connectivity index (χ1n) is 3.96. The molecule has 0 unspecified atom stereocenters. The predicted molar refractivity (Wildman–Crippen MR) is 41.7 cm³/mol. The average molecular weight is 152 g/mol. The van der Waals surface area contributed by atoms with Crippen molar-refractivity contribution in [2.75, 3.05) is 0 Å². The minimum absolute atomic E-state index is 0.0139. The summed E-state index contributed by atoms with van der Waals surface area (Å²) in [5.41, 5.74) is 0. The number of terminal acetylenes is 1. The third-order valence-corrected chi connectivity index (χ3v) is 1.94. The van der Waals surface area contributed by atoms with Crippen molar-refractivity contribution >= 4 is 5.97 Å². The fraction of sp³-hybridized carbons (Fsp3) is 0.667. The Morgan fingerprint density at radius 1 is 1.73 bits per heavy atom. The molecule has 0 spiro atoms. The summed E-state index contributed by atoms with van der Waals surface area (Å²) >= 11 is 0. The topological polar surface area (TPSA) is 26.3 Å². The Morgan fingerprint density at radius 3 is 2.91 bits per heavy atom. The number of cyclic esters (lactones) is 1. The Bertz CT molecular complexity index is 190. The molecule has 2 heteroatoms. The number of rotatable bonds is 3. The molecule has 1 saturated heterocycles. The van der Waals surface area contributed by atoms with Gasteiger partial charge in [0.2, 0.25) is 0 Å². The van der Waals surface area contributed by atoms with E-state index in [1.54, 1.807) is 0 Å². The molecule has 1 heterocycles. The van der Waals surface area contributed by atoms with Crippen molar-refractivity contribution in [1.29, 1.82) is 0 Å². The lowest BCUT2D eigenvalue weighted by molar-refractivity contribution is -0.177. The van der Waals surface area contributed by atoms with Crippen molar-refractivity contribution in [2.45, 2.75) is 32.3 Å². The van der Waals surface area contributed by atoms with Gasteiger partial charge in [0.05, 0.1) is 0 Å². The lowest BCUT2D eigenvalue weighted by Crippen LogP contribution is -2.43. The molecule has 1 aliphatic rings. The van der Waals surface area contributed by atoms with Crippen LogP contribution in [0.5, 0.6) is 0 Å².